The molecule has 0 fully saturated rings. The molecule has 0 aliphatic heterocycles. The third-order valence-electron chi connectivity index (χ3n) is 3.26. The third-order valence-corrected chi connectivity index (χ3v) is 7.61. The molecule has 0 amide bonds. The summed E-state index contributed by atoms with van der Waals surface area (Å²) in [7, 11) is -1.26. The first-order valence-electron chi connectivity index (χ1n) is 4.97. The summed E-state index contributed by atoms with van der Waals surface area (Å²) >= 11 is 0. The molecule has 0 bridgehead atoms. The summed E-state index contributed by atoms with van der Waals surface area (Å²) in [5.74, 6) is 0. The Kier molecular flexibility index (Phi) is 2.97. The smallest absolute Gasteiger partial charge is 0.0810 e. The van der Waals surface area contributed by atoms with Crippen LogP contribution >= 0.6 is 0 Å². The van der Waals surface area contributed by atoms with Gasteiger partial charge in [0.05, 0.1) is 0 Å². The summed E-state index contributed by atoms with van der Waals surface area (Å²) in [6, 6.07) is 0. The molecule has 0 saturated carbocycles. The highest BCUT2D eigenvalue weighted by Crippen LogP contribution is 2.30. The molecule has 0 aromatic heterocycles. The van der Waals surface area contributed by atoms with Gasteiger partial charge in [0.1, 0.15) is 8.07 Å². The fraction of sp³-hybridized carbons (Fsp3) is 0.500. The minimum absolute atomic E-state index is 1.18. The normalized spacial score (nSPS) is 15.9. The van der Waals surface area contributed by atoms with Crippen LogP contribution in [0.25, 0.3) is 0 Å². The molecule has 0 heterocycles. The fourth-order valence-electron chi connectivity index (χ4n) is 1.78. The van der Waals surface area contributed by atoms with Gasteiger partial charge in [-0.05, 0) is 27.2 Å². The van der Waals surface area contributed by atoms with E-state index in [1.165, 1.54) is 12.0 Å². The van der Waals surface area contributed by atoms with Crippen molar-refractivity contribution in [1.82, 2.24) is 0 Å². The van der Waals surface area contributed by atoms with E-state index in [9.17, 15) is 0 Å². The van der Waals surface area contributed by atoms with Crippen molar-refractivity contribution in [1.29, 1.82) is 0 Å². The van der Waals surface area contributed by atoms with E-state index >= 15 is 0 Å². The van der Waals surface area contributed by atoms with Crippen LogP contribution < -0.4 is 0 Å². The Hall–Kier alpha value is -0.563. The number of hydrogen-bond acceptors (Lipinski definition) is 0. The van der Waals surface area contributed by atoms with Crippen molar-refractivity contribution in [2.45, 2.75) is 40.3 Å². The van der Waals surface area contributed by atoms with Crippen LogP contribution in [-0.2, 0) is 0 Å². The minimum Gasteiger partial charge on any atom is -0.0810 e. The standard InChI is InChI=1S/C12H20Si/c1-10(2)11(3)13(4,5)12-8-6-7-9-12/h6-8H,9H2,1-5H3. The van der Waals surface area contributed by atoms with Crippen molar-refractivity contribution in [3.05, 3.63) is 34.2 Å². The molecule has 1 heteroatoms. The van der Waals surface area contributed by atoms with Gasteiger partial charge in [-0.3, -0.25) is 0 Å². The molecule has 0 aromatic rings. The molecule has 0 radical (unpaired) electrons. The summed E-state index contributed by atoms with van der Waals surface area (Å²) in [6.07, 6.45) is 7.97. The zero-order valence-electron chi connectivity index (χ0n) is 9.44. The highest BCUT2D eigenvalue weighted by molar-refractivity contribution is 6.90. The van der Waals surface area contributed by atoms with Gasteiger partial charge in [0, 0.05) is 0 Å². The van der Waals surface area contributed by atoms with Gasteiger partial charge in [0.15, 0.2) is 0 Å². The second-order valence-electron chi connectivity index (χ2n) is 4.57. The van der Waals surface area contributed by atoms with E-state index in [0.717, 1.165) is 0 Å². The topological polar surface area (TPSA) is 0 Å². The van der Waals surface area contributed by atoms with Crippen LogP contribution in [0.4, 0.5) is 0 Å². The van der Waals surface area contributed by atoms with Gasteiger partial charge in [0.2, 0.25) is 0 Å². The summed E-state index contributed by atoms with van der Waals surface area (Å²) in [4.78, 5) is 0. The molecule has 0 N–H and O–H groups in total. The molecule has 13 heavy (non-hydrogen) atoms. The number of hydrogen-bond donors (Lipinski definition) is 0. The maximum atomic E-state index is 2.45. The molecular weight excluding hydrogens is 172 g/mol. The maximum Gasteiger partial charge on any atom is 0.102 e. The van der Waals surface area contributed by atoms with Crippen molar-refractivity contribution in [3.63, 3.8) is 0 Å². The Morgan fingerprint density at radius 1 is 1.23 bits per heavy atom. The van der Waals surface area contributed by atoms with Gasteiger partial charge in [-0.25, -0.2) is 0 Å². The Morgan fingerprint density at radius 2 is 1.85 bits per heavy atom. The average molecular weight is 192 g/mol. The van der Waals surface area contributed by atoms with E-state index in [1.807, 2.05) is 0 Å². The van der Waals surface area contributed by atoms with E-state index in [2.05, 4.69) is 52.1 Å². The van der Waals surface area contributed by atoms with Gasteiger partial charge in [-0.1, -0.05) is 47.3 Å². The van der Waals surface area contributed by atoms with Crippen LogP contribution in [0.3, 0.4) is 0 Å². The SMILES string of the molecule is CC(C)=C(C)[Si](C)(C)C1=CC=CC1. The van der Waals surface area contributed by atoms with Crippen molar-refractivity contribution < 1.29 is 0 Å². The van der Waals surface area contributed by atoms with Gasteiger partial charge in [-0.2, -0.15) is 0 Å². The molecule has 0 spiro atoms. The lowest BCUT2D eigenvalue weighted by molar-refractivity contribution is 1.28. The zero-order valence-corrected chi connectivity index (χ0v) is 10.4. The van der Waals surface area contributed by atoms with Crippen LogP contribution in [-0.4, -0.2) is 8.07 Å². The molecule has 72 valence electrons. The number of allylic oxidation sites excluding steroid dienone is 6. The van der Waals surface area contributed by atoms with Crippen LogP contribution in [0.5, 0.6) is 0 Å². The first kappa shape index (κ1) is 10.5. The quantitative estimate of drug-likeness (QED) is 0.580. The van der Waals surface area contributed by atoms with Crippen LogP contribution in [0.1, 0.15) is 27.2 Å². The summed E-state index contributed by atoms with van der Waals surface area (Å²) in [6.45, 7) is 11.7. The fourth-order valence-corrected chi connectivity index (χ4v) is 4.65. The van der Waals surface area contributed by atoms with E-state index in [4.69, 9.17) is 0 Å². The minimum atomic E-state index is -1.26. The Balaban J connectivity index is 2.95. The van der Waals surface area contributed by atoms with Gasteiger partial charge < -0.3 is 0 Å². The molecule has 1 aliphatic carbocycles. The van der Waals surface area contributed by atoms with Crippen molar-refractivity contribution in [2.24, 2.45) is 0 Å². The van der Waals surface area contributed by atoms with Crippen LogP contribution in [0.15, 0.2) is 34.2 Å². The second-order valence-corrected chi connectivity index (χ2v) is 9.22. The average Bonchev–Trinajstić information content (AvgIpc) is 2.54. The lowest BCUT2D eigenvalue weighted by Gasteiger charge is -2.26. The van der Waals surface area contributed by atoms with Crippen molar-refractivity contribution in [3.8, 4) is 0 Å². The largest absolute Gasteiger partial charge is 0.102 e. The van der Waals surface area contributed by atoms with Gasteiger partial charge >= 0.3 is 0 Å². The first-order chi connectivity index (χ1) is 5.96. The van der Waals surface area contributed by atoms with Crippen molar-refractivity contribution in [2.75, 3.05) is 0 Å². The van der Waals surface area contributed by atoms with E-state index in [1.54, 1.807) is 10.4 Å². The van der Waals surface area contributed by atoms with Crippen LogP contribution in [0, 0.1) is 0 Å². The van der Waals surface area contributed by atoms with E-state index < -0.39 is 8.07 Å². The summed E-state index contributed by atoms with van der Waals surface area (Å²) in [5, 5.41) is 3.31. The second kappa shape index (κ2) is 3.67. The predicted molar refractivity (Wildman–Crippen MR) is 63.4 cm³/mol. The highest BCUT2D eigenvalue weighted by Gasteiger charge is 2.28. The molecule has 0 atom stereocenters. The van der Waals surface area contributed by atoms with Gasteiger partial charge in [-0.15, -0.1) is 0 Å². The lowest BCUT2D eigenvalue weighted by Crippen LogP contribution is -2.31. The molecular formula is C12H20Si. The molecule has 0 nitrogen and oxygen atoms in total. The molecule has 1 aliphatic rings. The molecule has 0 unspecified atom stereocenters. The lowest BCUT2D eigenvalue weighted by atomic mass is 10.3. The van der Waals surface area contributed by atoms with Crippen LogP contribution in [0.2, 0.25) is 13.1 Å². The summed E-state index contributed by atoms with van der Waals surface area (Å²) < 4.78 is 0. The maximum absolute atomic E-state index is 2.45. The zero-order chi connectivity index (χ0) is 10.1. The van der Waals surface area contributed by atoms with Crippen molar-refractivity contribution >= 4 is 8.07 Å². The Labute approximate surface area is 83.1 Å². The van der Waals surface area contributed by atoms with E-state index in [-0.39, 0.29) is 0 Å². The first-order valence-corrected chi connectivity index (χ1v) is 7.97. The third kappa shape index (κ3) is 2.02. The highest BCUT2D eigenvalue weighted by atomic mass is 28.3. The van der Waals surface area contributed by atoms with Gasteiger partial charge in [0.25, 0.3) is 0 Å². The molecule has 0 saturated heterocycles. The summed E-state index contributed by atoms with van der Waals surface area (Å²) in [5.41, 5.74) is 1.50. The Morgan fingerprint density at radius 3 is 2.23 bits per heavy atom. The predicted octanol–water partition coefficient (Wildman–Crippen LogP) is 4.02. The monoisotopic (exact) mass is 192 g/mol. The van der Waals surface area contributed by atoms with E-state index in [0.29, 0.717) is 0 Å². The molecule has 0 aromatic carbocycles. The Bertz CT molecular complexity index is 286. The molecule has 1 rings (SSSR count). The number of rotatable bonds is 2.